The Bertz CT molecular complexity index is 149. The third-order valence-corrected chi connectivity index (χ3v) is 2.22. The lowest BCUT2D eigenvalue weighted by Crippen LogP contribution is -2.40. The highest BCUT2D eigenvalue weighted by atomic mass is 16.2. The van der Waals surface area contributed by atoms with Crippen LogP contribution in [-0.4, -0.2) is 43.0 Å². The molecule has 0 radical (unpaired) electrons. The molecule has 3 nitrogen and oxygen atoms in total. The van der Waals surface area contributed by atoms with E-state index >= 15 is 0 Å². The van der Waals surface area contributed by atoms with E-state index in [1.54, 1.807) is 4.90 Å². The summed E-state index contributed by atoms with van der Waals surface area (Å²) in [6.45, 7) is 6.09. The van der Waals surface area contributed by atoms with Crippen LogP contribution in [0.3, 0.4) is 0 Å². The average molecular weight is 200 g/mol. The Hall–Kier alpha value is -0.730. The van der Waals surface area contributed by atoms with Crippen LogP contribution in [0.25, 0.3) is 0 Å². The minimum Gasteiger partial charge on any atom is -0.331 e. The molecule has 0 atom stereocenters. The Kier molecular flexibility index (Phi) is 7.25. The van der Waals surface area contributed by atoms with Crippen LogP contribution in [0.15, 0.2) is 0 Å². The molecule has 84 valence electrons. The van der Waals surface area contributed by atoms with Gasteiger partial charge in [-0.25, -0.2) is 4.79 Å². The van der Waals surface area contributed by atoms with Crippen molar-refractivity contribution in [2.24, 2.45) is 0 Å². The molecule has 0 aromatic rings. The van der Waals surface area contributed by atoms with Gasteiger partial charge < -0.3 is 9.80 Å². The molecule has 0 N–H and O–H groups in total. The predicted molar refractivity (Wildman–Crippen MR) is 60.5 cm³/mol. The van der Waals surface area contributed by atoms with E-state index in [-0.39, 0.29) is 6.03 Å². The first-order chi connectivity index (χ1) is 6.63. The predicted octanol–water partition coefficient (Wildman–Crippen LogP) is 2.57. The highest BCUT2D eigenvalue weighted by molar-refractivity contribution is 5.73. The second kappa shape index (κ2) is 7.65. The fourth-order valence-corrected chi connectivity index (χ4v) is 1.28. The van der Waals surface area contributed by atoms with Gasteiger partial charge in [-0.3, -0.25) is 0 Å². The fourth-order valence-electron chi connectivity index (χ4n) is 1.28. The van der Waals surface area contributed by atoms with Crippen molar-refractivity contribution in [3.8, 4) is 0 Å². The van der Waals surface area contributed by atoms with Crippen LogP contribution in [0.5, 0.6) is 0 Å². The van der Waals surface area contributed by atoms with Crippen molar-refractivity contribution < 1.29 is 4.79 Å². The molecule has 0 saturated carbocycles. The number of hydrogen-bond acceptors (Lipinski definition) is 1. The third-order valence-electron chi connectivity index (χ3n) is 2.22. The number of rotatable bonds is 6. The molecule has 0 heterocycles. The molecule has 0 unspecified atom stereocenters. The Labute approximate surface area is 88.1 Å². The van der Waals surface area contributed by atoms with E-state index in [9.17, 15) is 4.79 Å². The number of unbranched alkanes of at least 4 members (excludes halogenated alkanes) is 2. The van der Waals surface area contributed by atoms with Gasteiger partial charge in [-0.1, -0.05) is 26.7 Å². The van der Waals surface area contributed by atoms with E-state index in [0.717, 1.165) is 38.8 Å². The first-order valence-electron chi connectivity index (χ1n) is 5.59. The van der Waals surface area contributed by atoms with Crippen LogP contribution >= 0.6 is 0 Å². The van der Waals surface area contributed by atoms with Gasteiger partial charge in [0.05, 0.1) is 0 Å². The largest absolute Gasteiger partial charge is 0.331 e. The molecule has 0 aromatic heterocycles. The van der Waals surface area contributed by atoms with Gasteiger partial charge in [0, 0.05) is 27.2 Å². The summed E-state index contributed by atoms with van der Waals surface area (Å²) in [5, 5.41) is 0. The molecule has 0 aliphatic heterocycles. The van der Waals surface area contributed by atoms with E-state index in [0.29, 0.717) is 0 Å². The van der Waals surface area contributed by atoms with Gasteiger partial charge in [0.25, 0.3) is 0 Å². The van der Waals surface area contributed by atoms with Crippen LogP contribution in [-0.2, 0) is 0 Å². The van der Waals surface area contributed by atoms with E-state index in [1.807, 2.05) is 19.0 Å². The number of carbonyl (C=O) groups excluding carboxylic acids is 1. The van der Waals surface area contributed by atoms with Crippen LogP contribution in [0.4, 0.5) is 4.79 Å². The van der Waals surface area contributed by atoms with E-state index in [2.05, 4.69) is 13.8 Å². The summed E-state index contributed by atoms with van der Waals surface area (Å²) in [6, 6.07) is 0.145. The molecule has 0 aliphatic carbocycles. The molecule has 3 heteroatoms. The van der Waals surface area contributed by atoms with Crippen molar-refractivity contribution in [3.63, 3.8) is 0 Å². The number of carbonyl (C=O) groups is 1. The lowest BCUT2D eigenvalue weighted by molar-refractivity contribution is 0.169. The first kappa shape index (κ1) is 13.3. The van der Waals surface area contributed by atoms with Crippen molar-refractivity contribution in [1.29, 1.82) is 0 Å². The molecular formula is C11H24N2O. The van der Waals surface area contributed by atoms with Crippen molar-refractivity contribution in [2.45, 2.75) is 39.5 Å². The van der Waals surface area contributed by atoms with Crippen molar-refractivity contribution in [3.05, 3.63) is 0 Å². The Morgan fingerprint density at radius 3 is 1.71 bits per heavy atom. The summed E-state index contributed by atoms with van der Waals surface area (Å²) in [6.07, 6.45) is 4.49. The zero-order valence-electron chi connectivity index (χ0n) is 10.0. The van der Waals surface area contributed by atoms with Gasteiger partial charge in [-0.2, -0.15) is 0 Å². The third kappa shape index (κ3) is 5.10. The van der Waals surface area contributed by atoms with Crippen LogP contribution < -0.4 is 0 Å². The van der Waals surface area contributed by atoms with Gasteiger partial charge in [-0.15, -0.1) is 0 Å². The minimum absolute atomic E-state index is 0.145. The topological polar surface area (TPSA) is 23.6 Å². The van der Waals surface area contributed by atoms with E-state index in [1.165, 1.54) is 0 Å². The quantitative estimate of drug-likeness (QED) is 0.646. The zero-order valence-corrected chi connectivity index (χ0v) is 10.0. The minimum atomic E-state index is 0.145. The Balaban J connectivity index is 4.01. The maximum Gasteiger partial charge on any atom is 0.319 e. The molecule has 0 saturated heterocycles. The molecule has 0 aromatic carbocycles. The van der Waals surface area contributed by atoms with Gasteiger partial charge >= 0.3 is 6.03 Å². The highest BCUT2D eigenvalue weighted by Gasteiger charge is 2.13. The second-order valence-corrected chi connectivity index (χ2v) is 3.87. The van der Waals surface area contributed by atoms with Crippen LogP contribution in [0.1, 0.15) is 39.5 Å². The first-order valence-corrected chi connectivity index (χ1v) is 5.59. The molecule has 2 amide bonds. The average Bonchev–Trinajstić information content (AvgIpc) is 2.17. The SMILES string of the molecule is CCCCN(CCCC)C(=O)N(C)C. The molecule has 0 fully saturated rings. The maximum atomic E-state index is 11.7. The monoisotopic (exact) mass is 200 g/mol. The maximum absolute atomic E-state index is 11.7. The fraction of sp³-hybridized carbons (Fsp3) is 0.909. The highest BCUT2D eigenvalue weighted by Crippen LogP contribution is 2.02. The number of hydrogen-bond donors (Lipinski definition) is 0. The summed E-state index contributed by atoms with van der Waals surface area (Å²) in [5.74, 6) is 0. The number of nitrogens with zero attached hydrogens (tertiary/aromatic N) is 2. The van der Waals surface area contributed by atoms with Gasteiger partial charge in [0.1, 0.15) is 0 Å². The lowest BCUT2D eigenvalue weighted by atomic mass is 10.3. The standard InChI is InChI=1S/C11H24N2O/c1-5-7-9-13(10-8-6-2)11(14)12(3)4/h5-10H2,1-4H3. The number of urea groups is 1. The Morgan fingerprint density at radius 2 is 1.43 bits per heavy atom. The smallest absolute Gasteiger partial charge is 0.319 e. The zero-order chi connectivity index (χ0) is 11.0. The second-order valence-electron chi connectivity index (χ2n) is 3.87. The van der Waals surface area contributed by atoms with Crippen molar-refractivity contribution in [1.82, 2.24) is 9.80 Å². The summed E-state index contributed by atoms with van der Waals surface area (Å²) < 4.78 is 0. The van der Waals surface area contributed by atoms with E-state index < -0.39 is 0 Å². The summed E-state index contributed by atoms with van der Waals surface area (Å²) in [5.41, 5.74) is 0. The van der Waals surface area contributed by atoms with Crippen LogP contribution in [0.2, 0.25) is 0 Å². The van der Waals surface area contributed by atoms with Crippen molar-refractivity contribution >= 4 is 6.03 Å². The van der Waals surface area contributed by atoms with E-state index in [4.69, 9.17) is 0 Å². The van der Waals surface area contributed by atoms with Gasteiger partial charge in [-0.05, 0) is 12.8 Å². The van der Waals surface area contributed by atoms with Gasteiger partial charge in [0.15, 0.2) is 0 Å². The normalized spacial score (nSPS) is 10.0. The van der Waals surface area contributed by atoms with Gasteiger partial charge in [0.2, 0.25) is 0 Å². The summed E-state index contributed by atoms with van der Waals surface area (Å²) in [4.78, 5) is 15.3. The molecule has 0 rings (SSSR count). The van der Waals surface area contributed by atoms with Crippen LogP contribution in [0, 0.1) is 0 Å². The summed E-state index contributed by atoms with van der Waals surface area (Å²) >= 11 is 0. The summed E-state index contributed by atoms with van der Waals surface area (Å²) in [7, 11) is 3.63. The molecule has 0 spiro atoms. The van der Waals surface area contributed by atoms with Crippen molar-refractivity contribution in [2.75, 3.05) is 27.2 Å². The molecule has 0 aliphatic rings. The lowest BCUT2D eigenvalue weighted by Gasteiger charge is -2.25. The molecule has 0 bridgehead atoms. The molecular weight excluding hydrogens is 176 g/mol. The Morgan fingerprint density at radius 1 is 1.00 bits per heavy atom. The number of amides is 2. The molecule has 14 heavy (non-hydrogen) atoms.